The summed E-state index contributed by atoms with van der Waals surface area (Å²) in [6.07, 6.45) is 0. The van der Waals surface area contributed by atoms with Crippen molar-refractivity contribution in [2.24, 2.45) is 0 Å². The lowest BCUT2D eigenvalue weighted by Gasteiger charge is -2.17. The highest BCUT2D eigenvalue weighted by Gasteiger charge is 2.20. The van der Waals surface area contributed by atoms with Crippen LogP contribution in [0.25, 0.3) is 17.1 Å². The fraction of sp³-hybridized carbons (Fsp3) is 0.125. The lowest BCUT2D eigenvalue weighted by molar-refractivity contribution is -0.115. The SMILES string of the molecule is COc1ccccc1-c1nnc(SCC(=O)N(C)c2ccccc2)n1-c1ccc(Cl)cc1. The second-order valence-corrected chi connectivity index (χ2v) is 8.27. The molecule has 0 aliphatic rings. The number of methoxy groups -OCH3 is 1. The van der Waals surface area contributed by atoms with E-state index in [1.807, 2.05) is 83.4 Å². The van der Waals surface area contributed by atoms with Crippen molar-refractivity contribution in [1.82, 2.24) is 14.8 Å². The Hall–Kier alpha value is -3.29. The van der Waals surface area contributed by atoms with Gasteiger partial charge >= 0.3 is 0 Å². The summed E-state index contributed by atoms with van der Waals surface area (Å²) in [7, 11) is 3.39. The highest BCUT2D eigenvalue weighted by Crippen LogP contribution is 2.33. The van der Waals surface area contributed by atoms with E-state index in [9.17, 15) is 4.79 Å². The van der Waals surface area contributed by atoms with E-state index in [1.165, 1.54) is 11.8 Å². The zero-order valence-electron chi connectivity index (χ0n) is 17.6. The Morgan fingerprint density at radius 2 is 1.69 bits per heavy atom. The summed E-state index contributed by atoms with van der Waals surface area (Å²) in [6, 6.07) is 24.6. The lowest BCUT2D eigenvalue weighted by atomic mass is 10.2. The van der Waals surface area contributed by atoms with E-state index in [0.29, 0.717) is 21.8 Å². The average Bonchev–Trinajstić information content (AvgIpc) is 3.26. The Morgan fingerprint density at radius 1 is 1.00 bits per heavy atom. The van der Waals surface area contributed by atoms with Crippen LogP contribution in [0.3, 0.4) is 0 Å². The molecule has 1 aromatic heterocycles. The number of para-hydroxylation sites is 2. The first kappa shape index (κ1) is 21.9. The molecule has 0 saturated carbocycles. The van der Waals surface area contributed by atoms with Gasteiger partial charge in [0.1, 0.15) is 5.75 Å². The Balaban J connectivity index is 1.67. The number of nitrogens with zero attached hydrogens (tertiary/aromatic N) is 4. The molecule has 0 bridgehead atoms. The van der Waals surface area contributed by atoms with Crippen LogP contribution < -0.4 is 9.64 Å². The third-order valence-electron chi connectivity index (χ3n) is 4.91. The van der Waals surface area contributed by atoms with Crippen LogP contribution in [0.15, 0.2) is 84.0 Å². The first-order chi connectivity index (χ1) is 15.6. The molecule has 3 aromatic carbocycles. The molecule has 0 saturated heterocycles. The van der Waals surface area contributed by atoms with Gasteiger partial charge in [-0.25, -0.2) is 0 Å². The largest absolute Gasteiger partial charge is 0.496 e. The fourth-order valence-corrected chi connectivity index (χ4v) is 4.20. The number of rotatable bonds is 7. The van der Waals surface area contributed by atoms with Crippen molar-refractivity contribution >= 4 is 35.0 Å². The summed E-state index contributed by atoms with van der Waals surface area (Å²) in [5.74, 6) is 1.48. The van der Waals surface area contributed by atoms with Gasteiger partial charge in [-0.05, 0) is 48.5 Å². The molecular formula is C24H21ClN4O2S. The van der Waals surface area contributed by atoms with E-state index in [2.05, 4.69) is 10.2 Å². The fourth-order valence-electron chi connectivity index (χ4n) is 3.21. The predicted molar refractivity (Wildman–Crippen MR) is 129 cm³/mol. The van der Waals surface area contributed by atoms with E-state index >= 15 is 0 Å². The molecule has 6 nitrogen and oxygen atoms in total. The number of benzene rings is 3. The molecule has 0 unspecified atom stereocenters. The molecule has 0 aliphatic heterocycles. The van der Waals surface area contributed by atoms with Gasteiger partial charge in [-0.1, -0.05) is 53.7 Å². The Bertz CT molecular complexity index is 1210. The minimum absolute atomic E-state index is 0.0364. The average molecular weight is 465 g/mol. The molecule has 162 valence electrons. The first-order valence-corrected chi connectivity index (χ1v) is 11.2. The molecule has 0 aliphatic carbocycles. The van der Waals surface area contributed by atoms with Gasteiger partial charge in [0.2, 0.25) is 5.91 Å². The van der Waals surface area contributed by atoms with Crippen molar-refractivity contribution in [3.63, 3.8) is 0 Å². The number of amides is 1. The van der Waals surface area contributed by atoms with Gasteiger partial charge in [0.25, 0.3) is 0 Å². The van der Waals surface area contributed by atoms with Crippen molar-refractivity contribution in [3.05, 3.63) is 83.9 Å². The summed E-state index contributed by atoms with van der Waals surface area (Å²) in [5, 5.41) is 10.1. The highest BCUT2D eigenvalue weighted by atomic mass is 35.5. The molecule has 4 rings (SSSR count). The smallest absolute Gasteiger partial charge is 0.237 e. The van der Waals surface area contributed by atoms with Crippen molar-refractivity contribution in [1.29, 1.82) is 0 Å². The monoisotopic (exact) mass is 464 g/mol. The zero-order valence-corrected chi connectivity index (χ0v) is 19.2. The number of ether oxygens (including phenoxy) is 1. The van der Waals surface area contributed by atoms with Gasteiger partial charge in [-0.2, -0.15) is 0 Å². The van der Waals surface area contributed by atoms with Crippen molar-refractivity contribution < 1.29 is 9.53 Å². The first-order valence-electron chi connectivity index (χ1n) is 9.87. The summed E-state index contributed by atoms with van der Waals surface area (Å²) in [6.45, 7) is 0. The highest BCUT2D eigenvalue weighted by molar-refractivity contribution is 7.99. The molecular weight excluding hydrogens is 444 g/mol. The van der Waals surface area contributed by atoms with Crippen LogP contribution >= 0.6 is 23.4 Å². The topological polar surface area (TPSA) is 60.3 Å². The number of carbonyl (C=O) groups excluding carboxylic acids is 1. The van der Waals surface area contributed by atoms with Crippen LogP contribution in [0.2, 0.25) is 5.02 Å². The maximum atomic E-state index is 12.8. The third-order valence-corrected chi connectivity index (χ3v) is 6.07. The van der Waals surface area contributed by atoms with Crippen LogP contribution in [-0.4, -0.2) is 40.6 Å². The number of carbonyl (C=O) groups is 1. The zero-order chi connectivity index (χ0) is 22.5. The quantitative estimate of drug-likeness (QED) is 0.345. The molecule has 8 heteroatoms. The molecule has 1 amide bonds. The minimum Gasteiger partial charge on any atom is -0.496 e. The third kappa shape index (κ3) is 4.64. The molecule has 0 N–H and O–H groups in total. The molecule has 0 fully saturated rings. The van der Waals surface area contributed by atoms with Gasteiger partial charge in [-0.15, -0.1) is 10.2 Å². The van der Waals surface area contributed by atoms with E-state index < -0.39 is 0 Å². The summed E-state index contributed by atoms with van der Waals surface area (Å²) >= 11 is 7.43. The maximum absolute atomic E-state index is 12.8. The lowest BCUT2D eigenvalue weighted by Crippen LogP contribution is -2.27. The normalized spacial score (nSPS) is 10.7. The number of hydrogen-bond donors (Lipinski definition) is 0. The molecule has 0 radical (unpaired) electrons. The molecule has 4 aromatic rings. The van der Waals surface area contributed by atoms with E-state index in [4.69, 9.17) is 16.3 Å². The van der Waals surface area contributed by atoms with Crippen molar-refractivity contribution in [2.75, 3.05) is 24.8 Å². The van der Waals surface area contributed by atoms with Crippen LogP contribution in [0.1, 0.15) is 0 Å². The number of anilines is 1. The van der Waals surface area contributed by atoms with Gasteiger partial charge in [0, 0.05) is 23.4 Å². The molecule has 0 spiro atoms. The molecule has 1 heterocycles. The minimum atomic E-state index is -0.0364. The second kappa shape index (κ2) is 9.89. The number of hydrogen-bond acceptors (Lipinski definition) is 5. The Morgan fingerprint density at radius 3 is 2.41 bits per heavy atom. The summed E-state index contributed by atoms with van der Waals surface area (Å²) in [4.78, 5) is 14.4. The maximum Gasteiger partial charge on any atom is 0.237 e. The Labute approximate surface area is 195 Å². The molecule has 0 atom stereocenters. The number of thioether (sulfide) groups is 1. The van der Waals surface area contributed by atoms with Crippen molar-refractivity contribution in [2.45, 2.75) is 5.16 Å². The Kier molecular flexibility index (Phi) is 6.78. The standard InChI is InChI=1S/C24H21ClN4O2S/c1-28(18-8-4-3-5-9-18)22(30)16-32-24-27-26-23(20-10-6-7-11-21(20)31-2)29(24)19-14-12-17(25)13-15-19/h3-15H,16H2,1-2H3. The second-order valence-electron chi connectivity index (χ2n) is 6.90. The summed E-state index contributed by atoms with van der Waals surface area (Å²) in [5.41, 5.74) is 2.48. The van der Waals surface area contributed by atoms with Crippen LogP contribution in [0.4, 0.5) is 5.69 Å². The van der Waals surface area contributed by atoms with Gasteiger partial charge in [0.05, 0.1) is 18.4 Å². The predicted octanol–water partition coefficient (Wildman–Crippen LogP) is 5.35. The van der Waals surface area contributed by atoms with Crippen LogP contribution in [0.5, 0.6) is 5.75 Å². The van der Waals surface area contributed by atoms with Gasteiger partial charge in [-0.3, -0.25) is 9.36 Å². The van der Waals surface area contributed by atoms with E-state index in [1.54, 1.807) is 19.1 Å². The van der Waals surface area contributed by atoms with E-state index in [0.717, 1.165) is 16.9 Å². The molecule has 32 heavy (non-hydrogen) atoms. The van der Waals surface area contributed by atoms with E-state index in [-0.39, 0.29) is 11.7 Å². The number of halogens is 1. The van der Waals surface area contributed by atoms with Crippen LogP contribution in [0, 0.1) is 0 Å². The van der Waals surface area contributed by atoms with Gasteiger partial charge in [0.15, 0.2) is 11.0 Å². The van der Waals surface area contributed by atoms with Crippen LogP contribution in [-0.2, 0) is 4.79 Å². The van der Waals surface area contributed by atoms with Gasteiger partial charge < -0.3 is 9.64 Å². The number of aromatic nitrogens is 3. The van der Waals surface area contributed by atoms with Crippen molar-refractivity contribution in [3.8, 4) is 22.8 Å². The summed E-state index contributed by atoms with van der Waals surface area (Å²) < 4.78 is 7.44.